The van der Waals surface area contributed by atoms with E-state index in [1.165, 1.54) is 13.8 Å². The van der Waals surface area contributed by atoms with Crippen LogP contribution in [0.25, 0.3) is 0 Å². The molecule has 0 aliphatic carbocycles. The third-order valence-electron chi connectivity index (χ3n) is 3.37. The van der Waals surface area contributed by atoms with Gasteiger partial charge in [-0.25, -0.2) is 4.79 Å². The van der Waals surface area contributed by atoms with Crippen molar-refractivity contribution >= 4 is 29.6 Å². The normalized spacial score (nSPS) is 16.2. The topological polar surface area (TPSA) is 234 Å². The lowest BCUT2D eigenvalue weighted by molar-refractivity contribution is -0.144. The first-order valence-electron chi connectivity index (χ1n) is 7.87. The molecule has 0 aromatic carbocycles. The number of nitrogens with one attached hydrogen (secondary N) is 3. The molecule has 0 aliphatic heterocycles. The summed E-state index contributed by atoms with van der Waals surface area (Å²) in [5.74, 6) is -5.27. The van der Waals surface area contributed by atoms with Crippen LogP contribution >= 0.6 is 0 Å². The van der Waals surface area contributed by atoms with Crippen LogP contribution in [0.2, 0.25) is 0 Å². The largest absolute Gasteiger partial charge is 0.480 e. The van der Waals surface area contributed by atoms with E-state index in [0.29, 0.717) is 0 Å². The Morgan fingerprint density at radius 2 is 1.52 bits per heavy atom. The first-order valence-corrected chi connectivity index (χ1v) is 7.87. The summed E-state index contributed by atoms with van der Waals surface area (Å²) in [7, 11) is 0. The van der Waals surface area contributed by atoms with Gasteiger partial charge in [0.15, 0.2) is 0 Å². The van der Waals surface area contributed by atoms with E-state index in [1.807, 2.05) is 5.32 Å². The third kappa shape index (κ3) is 8.44. The summed E-state index contributed by atoms with van der Waals surface area (Å²) in [6.07, 6.45) is -2.12. The first-order chi connectivity index (χ1) is 12.4. The fraction of sp³-hybridized carbons (Fsp3) is 0.643. The van der Waals surface area contributed by atoms with Crippen LogP contribution in [0.5, 0.6) is 0 Å². The Labute approximate surface area is 154 Å². The fourth-order valence-corrected chi connectivity index (χ4v) is 1.82. The van der Waals surface area contributed by atoms with Crippen LogP contribution in [0.15, 0.2) is 0 Å². The molecule has 0 saturated heterocycles. The third-order valence-corrected chi connectivity index (χ3v) is 3.37. The van der Waals surface area contributed by atoms with E-state index >= 15 is 0 Å². The molecule has 4 amide bonds. The smallest absolute Gasteiger partial charge is 0.326 e. The maximum Gasteiger partial charge on any atom is 0.326 e. The van der Waals surface area contributed by atoms with Gasteiger partial charge in [0.1, 0.15) is 24.2 Å². The number of nitrogens with two attached hydrogens (primary N) is 2. The van der Waals surface area contributed by atoms with Gasteiger partial charge in [-0.05, 0) is 13.8 Å². The Bertz CT molecular complexity index is 582. The highest BCUT2D eigenvalue weighted by Crippen LogP contribution is 1.99. The zero-order valence-corrected chi connectivity index (χ0v) is 14.8. The SMILES string of the molecule is CC(NC(=O)C(N)CO)C(=O)NC(C(=O)NC(CC(N)=O)C(=O)O)C(C)O. The van der Waals surface area contributed by atoms with Gasteiger partial charge < -0.3 is 42.7 Å². The second-order valence-electron chi connectivity index (χ2n) is 5.82. The summed E-state index contributed by atoms with van der Waals surface area (Å²) in [4.78, 5) is 57.7. The molecular weight excluding hydrogens is 366 g/mol. The Hall–Kier alpha value is -2.77. The van der Waals surface area contributed by atoms with Gasteiger partial charge in [0.2, 0.25) is 23.6 Å². The number of carboxylic acids is 1. The molecule has 0 bridgehead atoms. The summed E-state index contributed by atoms with van der Waals surface area (Å²) in [5.41, 5.74) is 10.2. The van der Waals surface area contributed by atoms with Gasteiger partial charge in [-0.2, -0.15) is 0 Å². The Morgan fingerprint density at radius 1 is 0.963 bits per heavy atom. The van der Waals surface area contributed by atoms with Crippen LogP contribution < -0.4 is 27.4 Å². The minimum absolute atomic E-state index is 0.644. The second-order valence-corrected chi connectivity index (χ2v) is 5.82. The lowest BCUT2D eigenvalue weighted by atomic mass is 10.1. The lowest BCUT2D eigenvalue weighted by Crippen LogP contribution is -2.59. The molecule has 0 aromatic heterocycles. The van der Waals surface area contributed by atoms with E-state index in [4.69, 9.17) is 21.7 Å². The molecule has 0 fully saturated rings. The van der Waals surface area contributed by atoms with Crippen LogP contribution in [-0.2, 0) is 24.0 Å². The van der Waals surface area contributed by atoms with Crippen LogP contribution in [0.3, 0.4) is 0 Å². The number of rotatable bonds is 11. The maximum absolute atomic E-state index is 12.2. The number of primary amides is 1. The molecule has 0 rings (SSSR count). The summed E-state index contributed by atoms with van der Waals surface area (Å²) in [5, 5.41) is 33.8. The van der Waals surface area contributed by atoms with Crippen molar-refractivity contribution in [3.05, 3.63) is 0 Å². The van der Waals surface area contributed by atoms with Crippen LogP contribution in [-0.4, -0.2) is 81.8 Å². The number of carbonyl (C=O) groups is 5. The summed E-state index contributed by atoms with van der Waals surface area (Å²) in [6.45, 7) is 1.79. The lowest BCUT2D eigenvalue weighted by Gasteiger charge is -2.25. The van der Waals surface area contributed by atoms with Crippen molar-refractivity contribution in [1.82, 2.24) is 16.0 Å². The number of hydrogen-bond acceptors (Lipinski definition) is 8. The second kappa shape index (κ2) is 11.1. The highest BCUT2D eigenvalue weighted by atomic mass is 16.4. The molecular formula is C14H25N5O8. The molecule has 5 unspecified atom stereocenters. The van der Waals surface area contributed by atoms with Gasteiger partial charge in [0, 0.05) is 0 Å². The highest BCUT2D eigenvalue weighted by molar-refractivity contribution is 5.95. The van der Waals surface area contributed by atoms with Crippen molar-refractivity contribution in [2.24, 2.45) is 11.5 Å². The molecule has 13 nitrogen and oxygen atoms in total. The number of aliphatic hydroxyl groups is 2. The molecule has 27 heavy (non-hydrogen) atoms. The zero-order valence-electron chi connectivity index (χ0n) is 14.8. The minimum Gasteiger partial charge on any atom is -0.480 e. The molecule has 13 heteroatoms. The van der Waals surface area contributed by atoms with Gasteiger partial charge in [-0.1, -0.05) is 0 Å². The number of carbonyl (C=O) groups excluding carboxylic acids is 4. The molecule has 10 N–H and O–H groups in total. The van der Waals surface area contributed by atoms with Gasteiger partial charge >= 0.3 is 5.97 Å². The fourth-order valence-electron chi connectivity index (χ4n) is 1.82. The van der Waals surface area contributed by atoms with Crippen LogP contribution in [0, 0.1) is 0 Å². The number of amides is 4. The van der Waals surface area contributed by atoms with E-state index in [2.05, 4.69) is 10.6 Å². The first kappa shape index (κ1) is 24.2. The Morgan fingerprint density at radius 3 is 1.93 bits per heavy atom. The molecule has 0 aliphatic rings. The molecule has 0 saturated carbocycles. The maximum atomic E-state index is 12.2. The van der Waals surface area contributed by atoms with Crippen molar-refractivity contribution in [1.29, 1.82) is 0 Å². The zero-order chi connectivity index (χ0) is 21.3. The molecule has 0 radical (unpaired) electrons. The van der Waals surface area contributed by atoms with Gasteiger partial charge in [0.25, 0.3) is 0 Å². The highest BCUT2D eigenvalue weighted by Gasteiger charge is 2.32. The van der Waals surface area contributed by atoms with Crippen LogP contribution in [0.1, 0.15) is 20.3 Å². The molecule has 0 aromatic rings. The van der Waals surface area contributed by atoms with Crippen LogP contribution in [0.4, 0.5) is 0 Å². The number of carboxylic acid groups (broad SMARTS) is 1. The van der Waals surface area contributed by atoms with Crippen molar-refractivity contribution in [3.8, 4) is 0 Å². The predicted octanol–water partition coefficient (Wildman–Crippen LogP) is -4.88. The van der Waals surface area contributed by atoms with E-state index in [1.54, 1.807) is 0 Å². The van der Waals surface area contributed by atoms with E-state index in [0.717, 1.165) is 0 Å². The summed E-state index contributed by atoms with van der Waals surface area (Å²) in [6, 6.07) is -5.64. The summed E-state index contributed by atoms with van der Waals surface area (Å²) < 4.78 is 0. The van der Waals surface area contributed by atoms with Crippen molar-refractivity contribution < 1.29 is 39.3 Å². The van der Waals surface area contributed by atoms with Gasteiger partial charge in [-0.3, -0.25) is 19.2 Å². The Balaban J connectivity index is 5.03. The van der Waals surface area contributed by atoms with Gasteiger partial charge in [-0.15, -0.1) is 0 Å². The van der Waals surface area contributed by atoms with E-state index in [9.17, 15) is 29.1 Å². The van der Waals surface area contributed by atoms with Crippen molar-refractivity contribution in [2.75, 3.05) is 6.61 Å². The standard InChI is InChI=1S/C14H25N5O8/c1-5(17-12(24)7(15)4-20)11(23)19-10(6(2)21)13(25)18-8(14(26)27)3-9(16)22/h5-8,10,20-21H,3-4,15H2,1-2H3,(H2,16,22)(H,17,24)(H,18,25)(H,19,23)(H,26,27). The average molecular weight is 391 g/mol. The number of aliphatic hydroxyl groups excluding tert-OH is 2. The molecule has 0 spiro atoms. The predicted molar refractivity (Wildman–Crippen MR) is 89.7 cm³/mol. The van der Waals surface area contributed by atoms with Crippen molar-refractivity contribution in [3.63, 3.8) is 0 Å². The van der Waals surface area contributed by atoms with Crippen molar-refractivity contribution in [2.45, 2.75) is 50.5 Å². The van der Waals surface area contributed by atoms with E-state index in [-0.39, 0.29) is 0 Å². The molecule has 0 heterocycles. The number of hydrogen-bond donors (Lipinski definition) is 8. The van der Waals surface area contributed by atoms with E-state index < -0.39 is 72.9 Å². The summed E-state index contributed by atoms with van der Waals surface area (Å²) >= 11 is 0. The quantitative estimate of drug-likeness (QED) is 0.168. The minimum atomic E-state index is -1.65. The van der Waals surface area contributed by atoms with Gasteiger partial charge in [0.05, 0.1) is 19.1 Å². The molecule has 5 atom stereocenters. The monoisotopic (exact) mass is 391 g/mol. The number of aliphatic carboxylic acids is 1. The Kier molecular flexibility index (Phi) is 9.92. The molecule has 154 valence electrons. The average Bonchev–Trinajstić information content (AvgIpc) is 2.56.